The Labute approximate surface area is 90.2 Å². The van der Waals surface area contributed by atoms with Crippen molar-refractivity contribution in [3.05, 3.63) is 23.9 Å². The first-order chi connectivity index (χ1) is 6.99. The van der Waals surface area contributed by atoms with E-state index in [0.717, 1.165) is 4.90 Å². The Kier molecular flexibility index (Phi) is 6.29. The monoisotopic (exact) mass is 212 g/mol. The predicted octanol–water partition coefficient (Wildman–Crippen LogP) is -0.277. The quantitative estimate of drug-likeness (QED) is 0.224. The van der Waals surface area contributed by atoms with Gasteiger partial charge in [0.05, 0.1) is 26.9 Å². The molecule has 0 aliphatic heterocycles. The summed E-state index contributed by atoms with van der Waals surface area (Å²) in [4.78, 5) is 23.5. The Morgan fingerprint density at radius 3 is 2.33 bits per heavy atom. The van der Waals surface area contributed by atoms with Gasteiger partial charge in [0.15, 0.2) is 5.78 Å². The van der Waals surface area contributed by atoms with Gasteiger partial charge < -0.3 is 9.64 Å². The van der Waals surface area contributed by atoms with E-state index in [1.165, 1.54) is 13.0 Å². The van der Waals surface area contributed by atoms with E-state index in [9.17, 15) is 9.59 Å². The normalized spacial score (nSPS) is 12.2. The van der Waals surface area contributed by atoms with Gasteiger partial charge in [-0.2, -0.15) is 0 Å². The van der Waals surface area contributed by atoms with E-state index in [4.69, 9.17) is 4.74 Å². The number of nitrogens with one attached hydrogen (secondary N) is 1. The van der Waals surface area contributed by atoms with Gasteiger partial charge in [0.25, 0.3) is 0 Å². The van der Waals surface area contributed by atoms with Crippen molar-refractivity contribution in [3.63, 3.8) is 0 Å². The van der Waals surface area contributed by atoms with Crippen LogP contribution in [0, 0.1) is 0 Å². The van der Waals surface area contributed by atoms with Gasteiger partial charge in [-0.1, -0.05) is 0 Å². The van der Waals surface area contributed by atoms with Gasteiger partial charge in [0.2, 0.25) is 0 Å². The fourth-order valence-corrected chi connectivity index (χ4v) is 0.875. The molecule has 0 aliphatic carbocycles. The van der Waals surface area contributed by atoms with Crippen molar-refractivity contribution in [2.24, 2.45) is 0 Å². The molecule has 0 radical (unpaired) electrons. The second kappa shape index (κ2) is 6.95. The second-order valence-electron chi connectivity index (χ2n) is 3.29. The minimum Gasteiger partial charge on any atom is -0.462 e. The zero-order chi connectivity index (χ0) is 11.8. The fraction of sp³-hybridized carbons (Fsp3) is 0.455. The van der Waals surface area contributed by atoms with Crippen LogP contribution < -0.4 is 4.90 Å². The number of quaternary nitrogens is 1. The largest absolute Gasteiger partial charge is 0.462 e. The Balaban J connectivity index is 4.66. The van der Waals surface area contributed by atoms with Gasteiger partial charge in [0.1, 0.15) is 5.57 Å². The number of ether oxygens (including phenoxy) is 1. The molecule has 4 nitrogen and oxygen atoms in total. The summed E-state index contributed by atoms with van der Waals surface area (Å²) in [5.74, 6) is -0.852. The van der Waals surface area contributed by atoms with Crippen LogP contribution in [0.3, 0.4) is 0 Å². The molecule has 0 saturated carbocycles. The van der Waals surface area contributed by atoms with Crippen molar-refractivity contribution in [1.29, 1.82) is 0 Å². The number of allylic oxidation sites excluding steroid dienone is 2. The van der Waals surface area contributed by atoms with Crippen LogP contribution in [0.4, 0.5) is 0 Å². The highest BCUT2D eigenvalue weighted by Gasteiger charge is 2.14. The number of hydrogen-bond donors (Lipinski definition) is 1. The average molecular weight is 212 g/mol. The minimum atomic E-state index is -0.566. The number of carbonyl (C=O) groups is 2. The van der Waals surface area contributed by atoms with Crippen LogP contribution in [0.25, 0.3) is 0 Å². The zero-order valence-corrected chi connectivity index (χ0v) is 9.66. The van der Waals surface area contributed by atoms with Crippen LogP contribution in [-0.4, -0.2) is 32.5 Å². The second-order valence-corrected chi connectivity index (χ2v) is 3.29. The van der Waals surface area contributed by atoms with E-state index < -0.39 is 5.97 Å². The van der Waals surface area contributed by atoms with Gasteiger partial charge in [-0.3, -0.25) is 4.79 Å². The molecule has 0 unspecified atom stereocenters. The number of esters is 1. The Bertz CT molecular complexity index is 290. The lowest BCUT2D eigenvalue weighted by molar-refractivity contribution is -0.801. The molecule has 15 heavy (non-hydrogen) atoms. The highest BCUT2D eigenvalue weighted by atomic mass is 16.5. The molecule has 0 amide bonds. The number of carbonyl (C=O) groups excluding carboxylic acids is 2. The van der Waals surface area contributed by atoms with Crippen LogP contribution in [0.5, 0.6) is 0 Å². The van der Waals surface area contributed by atoms with Crippen LogP contribution in [-0.2, 0) is 14.3 Å². The lowest BCUT2D eigenvalue weighted by Gasteiger charge is -2.02. The van der Waals surface area contributed by atoms with E-state index in [1.807, 2.05) is 20.3 Å². The average Bonchev–Trinajstić information content (AvgIpc) is 2.11. The Morgan fingerprint density at radius 2 is 1.93 bits per heavy atom. The number of Topliss-reactive ketones (excluding diaryl/α,β-unsaturated/α-hetero) is 1. The first kappa shape index (κ1) is 13.6. The third-order valence-corrected chi connectivity index (χ3v) is 1.57. The maximum absolute atomic E-state index is 11.3. The van der Waals surface area contributed by atoms with Gasteiger partial charge >= 0.3 is 5.97 Å². The third kappa shape index (κ3) is 5.80. The fourth-order valence-electron chi connectivity index (χ4n) is 0.875. The molecule has 84 valence electrons. The summed E-state index contributed by atoms with van der Waals surface area (Å²) in [6, 6.07) is 0. The van der Waals surface area contributed by atoms with Gasteiger partial charge in [-0.05, 0) is 26.0 Å². The van der Waals surface area contributed by atoms with Crippen LogP contribution >= 0.6 is 0 Å². The molecular formula is C11H18NO3+. The van der Waals surface area contributed by atoms with Crippen LogP contribution in [0.2, 0.25) is 0 Å². The molecule has 0 aromatic heterocycles. The molecule has 0 atom stereocenters. The predicted molar refractivity (Wildman–Crippen MR) is 57.3 cm³/mol. The summed E-state index contributed by atoms with van der Waals surface area (Å²) in [5.41, 5.74) is 0.0781. The van der Waals surface area contributed by atoms with Crippen molar-refractivity contribution >= 4 is 11.8 Å². The van der Waals surface area contributed by atoms with Crippen molar-refractivity contribution in [2.75, 3.05) is 20.7 Å². The van der Waals surface area contributed by atoms with E-state index in [1.54, 1.807) is 13.0 Å². The molecule has 0 aromatic carbocycles. The Hall–Kier alpha value is -1.42. The number of ketones is 1. The van der Waals surface area contributed by atoms with Crippen molar-refractivity contribution < 1.29 is 19.2 Å². The van der Waals surface area contributed by atoms with Crippen molar-refractivity contribution in [1.82, 2.24) is 0 Å². The smallest absolute Gasteiger partial charge is 0.341 e. The molecule has 0 heterocycles. The van der Waals surface area contributed by atoms with Crippen molar-refractivity contribution in [3.8, 4) is 0 Å². The topological polar surface area (TPSA) is 47.8 Å². The lowest BCUT2D eigenvalue weighted by atomic mass is 10.2. The molecule has 0 saturated heterocycles. The zero-order valence-electron chi connectivity index (χ0n) is 9.66. The molecule has 0 spiro atoms. The molecule has 0 bridgehead atoms. The third-order valence-electron chi connectivity index (χ3n) is 1.57. The van der Waals surface area contributed by atoms with E-state index in [-0.39, 0.29) is 18.0 Å². The number of hydrogen-bond acceptors (Lipinski definition) is 3. The summed E-state index contributed by atoms with van der Waals surface area (Å²) in [7, 11) is 3.87. The van der Waals surface area contributed by atoms with Gasteiger partial charge in [0, 0.05) is 0 Å². The van der Waals surface area contributed by atoms with E-state index in [0.29, 0.717) is 0 Å². The first-order valence-corrected chi connectivity index (χ1v) is 4.85. The highest BCUT2D eigenvalue weighted by Crippen LogP contribution is 2.00. The van der Waals surface area contributed by atoms with Gasteiger partial charge in [-0.25, -0.2) is 4.79 Å². The van der Waals surface area contributed by atoms with E-state index in [2.05, 4.69) is 0 Å². The molecule has 4 heteroatoms. The molecule has 0 aliphatic rings. The summed E-state index contributed by atoms with van der Waals surface area (Å²) in [5, 5.41) is 0. The van der Waals surface area contributed by atoms with E-state index >= 15 is 0 Å². The Morgan fingerprint density at radius 1 is 1.33 bits per heavy atom. The number of rotatable bonds is 5. The molecule has 0 aromatic rings. The minimum absolute atomic E-state index is 0.0781. The summed E-state index contributed by atoms with van der Waals surface area (Å²) in [6.45, 7) is 3.32. The summed E-state index contributed by atoms with van der Waals surface area (Å²) < 4.78 is 4.75. The standard InChI is InChI=1S/C11H17NO3/c1-5-15-11(14)10(9(2)13)7-6-8-12(3)4/h6-8H,5H2,1-4H3/p+1/b8-6+,10-7-. The maximum atomic E-state index is 11.3. The van der Waals surface area contributed by atoms with Gasteiger partial charge in [-0.15, -0.1) is 0 Å². The molecule has 1 N–H and O–H groups in total. The first-order valence-electron chi connectivity index (χ1n) is 4.85. The molecular weight excluding hydrogens is 194 g/mol. The van der Waals surface area contributed by atoms with Crippen molar-refractivity contribution in [2.45, 2.75) is 13.8 Å². The highest BCUT2D eigenvalue weighted by molar-refractivity contribution is 6.16. The van der Waals surface area contributed by atoms with Crippen LogP contribution in [0.1, 0.15) is 13.8 Å². The lowest BCUT2D eigenvalue weighted by Crippen LogP contribution is -3.00. The summed E-state index contributed by atoms with van der Waals surface area (Å²) >= 11 is 0. The van der Waals surface area contributed by atoms with Crippen LogP contribution in [0.15, 0.2) is 23.9 Å². The molecule has 0 rings (SSSR count). The maximum Gasteiger partial charge on any atom is 0.341 e. The molecule has 0 fully saturated rings. The summed E-state index contributed by atoms with van der Waals surface area (Å²) in [6.07, 6.45) is 4.97. The SMILES string of the molecule is CCOC(=O)/C(=C\C=C\[NH+](C)C)C(C)=O.